The van der Waals surface area contributed by atoms with Gasteiger partial charge >= 0.3 is 6.18 Å². The predicted octanol–water partition coefficient (Wildman–Crippen LogP) is 4.51. The topological polar surface area (TPSA) is 75.3 Å². The second-order valence-corrected chi connectivity index (χ2v) is 8.71. The van der Waals surface area contributed by atoms with Crippen LogP contribution in [0.3, 0.4) is 0 Å². The van der Waals surface area contributed by atoms with Crippen LogP contribution < -0.4 is 10.0 Å². The number of sulfonamides is 1. The molecule has 2 N–H and O–H groups in total. The van der Waals surface area contributed by atoms with Gasteiger partial charge in [-0.05, 0) is 54.4 Å². The molecule has 1 atom stereocenters. The van der Waals surface area contributed by atoms with Crippen LogP contribution in [0.4, 0.5) is 27.6 Å². The van der Waals surface area contributed by atoms with Gasteiger partial charge in [-0.2, -0.15) is 17.9 Å². The number of hydrogen-bond acceptors (Lipinski definition) is 3. The van der Waals surface area contributed by atoms with Gasteiger partial charge in [-0.25, -0.2) is 17.2 Å². The summed E-state index contributed by atoms with van der Waals surface area (Å²) in [5, 5.41) is 2.19. The van der Waals surface area contributed by atoms with Crippen molar-refractivity contribution in [3.05, 3.63) is 95.6 Å². The molecule has 0 heterocycles. The van der Waals surface area contributed by atoms with Crippen LogP contribution in [0.2, 0.25) is 0 Å². The summed E-state index contributed by atoms with van der Waals surface area (Å²) in [7, 11) is -4.29. The molecule has 0 fully saturated rings. The normalized spacial score (nSPS) is 12.9. The minimum absolute atomic E-state index is 0.138. The van der Waals surface area contributed by atoms with Gasteiger partial charge in [0.25, 0.3) is 0 Å². The van der Waals surface area contributed by atoms with Gasteiger partial charge in [-0.1, -0.05) is 30.3 Å². The lowest BCUT2D eigenvalue weighted by Gasteiger charge is -2.19. The third-order valence-corrected chi connectivity index (χ3v) is 6.05. The van der Waals surface area contributed by atoms with Crippen molar-refractivity contribution in [2.24, 2.45) is 0 Å². The molecule has 3 aromatic carbocycles. The Bertz CT molecular complexity index is 1230. The van der Waals surface area contributed by atoms with Crippen molar-refractivity contribution in [2.75, 3.05) is 5.32 Å². The van der Waals surface area contributed by atoms with E-state index in [1.54, 1.807) is 30.3 Å². The lowest BCUT2D eigenvalue weighted by Crippen LogP contribution is -2.45. The van der Waals surface area contributed by atoms with Gasteiger partial charge in [0.1, 0.15) is 17.7 Å². The highest BCUT2D eigenvalue weighted by Crippen LogP contribution is 2.33. The molecule has 11 heteroatoms. The zero-order valence-corrected chi connectivity index (χ0v) is 17.6. The summed E-state index contributed by atoms with van der Waals surface area (Å²) in [5.41, 5.74) is -1.38. The predicted molar refractivity (Wildman–Crippen MR) is 111 cm³/mol. The zero-order valence-electron chi connectivity index (χ0n) is 16.7. The molecule has 0 aromatic heterocycles. The van der Waals surface area contributed by atoms with E-state index in [1.807, 2.05) is 0 Å². The van der Waals surface area contributed by atoms with Gasteiger partial charge in [-0.15, -0.1) is 0 Å². The molecule has 0 radical (unpaired) electrons. The molecule has 174 valence electrons. The van der Waals surface area contributed by atoms with E-state index in [0.717, 1.165) is 30.3 Å². The highest BCUT2D eigenvalue weighted by atomic mass is 32.2. The molecule has 5 nitrogen and oxygen atoms in total. The summed E-state index contributed by atoms with van der Waals surface area (Å²) < 4.78 is 93.3. The minimum atomic E-state index is -4.99. The van der Waals surface area contributed by atoms with Crippen molar-refractivity contribution in [2.45, 2.75) is 23.5 Å². The fourth-order valence-corrected chi connectivity index (χ4v) is 4.15. The summed E-state index contributed by atoms with van der Waals surface area (Å²) in [5.74, 6) is -3.15. The Labute approximate surface area is 186 Å². The monoisotopic (exact) mass is 484 g/mol. The first-order valence-corrected chi connectivity index (χ1v) is 10.9. The Balaban J connectivity index is 1.89. The van der Waals surface area contributed by atoms with Crippen LogP contribution in [-0.2, 0) is 27.4 Å². The number of nitrogens with one attached hydrogen (secondary N) is 2. The maximum Gasteiger partial charge on any atom is 0.419 e. The average molecular weight is 484 g/mol. The number of benzene rings is 3. The van der Waals surface area contributed by atoms with E-state index >= 15 is 0 Å². The minimum Gasteiger partial charge on any atom is -0.325 e. The lowest BCUT2D eigenvalue weighted by molar-refractivity contribution is -0.140. The third kappa shape index (κ3) is 6.36. The highest BCUT2D eigenvalue weighted by Gasteiger charge is 2.34. The fourth-order valence-electron chi connectivity index (χ4n) is 2.96. The summed E-state index contributed by atoms with van der Waals surface area (Å²) in [4.78, 5) is 12.5. The fraction of sp³-hybridized carbons (Fsp3) is 0.136. The second kappa shape index (κ2) is 9.67. The molecule has 3 rings (SSSR count). The van der Waals surface area contributed by atoms with E-state index in [1.165, 1.54) is 0 Å². The summed E-state index contributed by atoms with van der Waals surface area (Å²) in [6.45, 7) is 0. The maximum absolute atomic E-state index is 13.5. The van der Waals surface area contributed by atoms with E-state index in [4.69, 9.17) is 0 Å². The van der Waals surface area contributed by atoms with Gasteiger partial charge in [-0.3, -0.25) is 4.79 Å². The molecule has 0 aliphatic heterocycles. The zero-order chi connectivity index (χ0) is 24.2. The molecule has 0 spiro atoms. The first-order valence-electron chi connectivity index (χ1n) is 9.45. The van der Waals surface area contributed by atoms with Crippen LogP contribution in [-0.4, -0.2) is 20.4 Å². The van der Waals surface area contributed by atoms with Gasteiger partial charge in [0.05, 0.1) is 10.5 Å². The average Bonchev–Trinajstić information content (AvgIpc) is 2.74. The molecule has 0 bridgehead atoms. The van der Waals surface area contributed by atoms with Gasteiger partial charge in [0.15, 0.2) is 0 Å². The molecule has 3 aromatic rings. The second-order valence-electron chi connectivity index (χ2n) is 7.00. The Kier molecular flexibility index (Phi) is 7.13. The molecule has 0 saturated heterocycles. The number of rotatable bonds is 7. The number of alkyl halides is 3. The van der Waals surface area contributed by atoms with Gasteiger partial charge in [0.2, 0.25) is 15.9 Å². The summed E-state index contributed by atoms with van der Waals surface area (Å²) in [6, 6.07) is 12.6. The van der Waals surface area contributed by atoms with Crippen molar-refractivity contribution >= 4 is 21.6 Å². The Morgan fingerprint density at radius 1 is 0.909 bits per heavy atom. The van der Waals surface area contributed by atoms with Crippen LogP contribution >= 0.6 is 0 Å². The number of carbonyl (C=O) groups excluding carboxylic acids is 1. The number of carbonyl (C=O) groups is 1. The molecule has 0 saturated carbocycles. The first-order chi connectivity index (χ1) is 15.5. The smallest absolute Gasteiger partial charge is 0.325 e. The third-order valence-electron chi connectivity index (χ3n) is 4.56. The van der Waals surface area contributed by atoms with E-state index in [9.17, 15) is 35.2 Å². The van der Waals surface area contributed by atoms with E-state index in [-0.39, 0.29) is 17.0 Å². The van der Waals surface area contributed by atoms with Crippen LogP contribution in [0.15, 0.2) is 77.7 Å². The largest absolute Gasteiger partial charge is 0.419 e. The molecule has 33 heavy (non-hydrogen) atoms. The van der Waals surface area contributed by atoms with Crippen LogP contribution in [0.25, 0.3) is 0 Å². The maximum atomic E-state index is 13.5. The molecule has 0 aliphatic rings. The SMILES string of the molecule is O=C(Nc1ccc(F)c(C(F)(F)F)c1)C(Cc1ccccc1)NS(=O)(=O)c1ccc(F)cc1. The van der Waals surface area contributed by atoms with E-state index < -0.39 is 45.3 Å². The molecule has 1 amide bonds. The Morgan fingerprint density at radius 2 is 1.55 bits per heavy atom. The molecule has 0 aliphatic carbocycles. The number of anilines is 1. The standard InChI is InChI=1S/C22H17F5N2O3S/c23-15-6-9-17(10-7-15)33(31,32)29-20(12-14-4-2-1-3-5-14)21(30)28-16-8-11-19(24)18(13-16)22(25,26)27/h1-11,13,20,29H,12H2,(H,28,30). The molecular weight excluding hydrogens is 467 g/mol. The van der Waals surface area contributed by atoms with E-state index in [2.05, 4.69) is 10.0 Å². The van der Waals surface area contributed by atoms with Crippen molar-refractivity contribution in [3.63, 3.8) is 0 Å². The van der Waals surface area contributed by atoms with Crippen molar-refractivity contribution in [3.8, 4) is 0 Å². The summed E-state index contributed by atoms with van der Waals surface area (Å²) >= 11 is 0. The molecular formula is C22H17F5N2O3S. The van der Waals surface area contributed by atoms with Crippen LogP contribution in [0.1, 0.15) is 11.1 Å². The summed E-state index contributed by atoms with van der Waals surface area (Å²) in [6.07, 6.45) is -5.13. The Morgan fingerprint density at radius 3 is 2.15 bits per heavy atom. The van der Waals surface area contributed by atoms with Crippen LogP contribution in [0, 0.1) is 11.6 Å². The van der Waals surface area contributed by atoms with Crippen LogP contribution in [0.5, 0.6) is 0 Å². The number of amides is 1. The van der Waals surface area contributed by atoms with Crippen molar-refractivity contribution in [1.82, 2.24) is 4.72 Å². The van der Waals surface area contributed by atoms with Gasteiger partial charge in [0, 0.05) is 5.69 Å². The first kappa shape index (κ1) is 24.3. The lowest BCUT2D eigenvalue weighted by atomic mass is 10.1. The molecule has 1 unspecified atom stereocenters. The Hall–Kier alpha value is -3.31. The number of hydrogen-bond donors (Lipinski definition) is 2. The van der Waals surface area contributed by atoms with Gasteiger partial charge < -0.3 is 5.32 Å². The number of halogens is 5. The van der Waals surface area contributed by atoms with Crippen molar-refractivity contribution < 1.29 is 35.2 Å². The highest BCUT2D eigenvalue weighted by molar-refractivity contribution is 7.89. The van der Waals surface area contributed by atoms with Crippen molar-refractivity contribution in [1.29, 1.82) is 0 Å². The quantitative estimate of drug-likeness (QED) is 0.485. The van der Waals surface area contributed by atoms with E-state index in [0.29, 0.717) is 17.7 Å².